The van der Waals surface area contributed by atoms with Gasteiger partial charge in [0.25, 0.3) is 0 Å². The van der Waals surface area contributed by atoms with Gasteiger partial charge in [-0.2, -0.15) is 0 Å². The van der Waals surface area contributed by atoms with Crippen molar-refractivity contribution < 1.29 is 4.39 Å². The van der Waals surface area contributed by atoms with E-state index in [-0.39, 0.29) is 5.82 Å². The van der Waals surface area contributed by atoms with Crippen molar-refractivity contribution in [1.29, 1.82) is 0 Å². The molecule has 0 aliphatic heterocycles. The monoisotopic (exact) mass is 220 g/mol. The molecule has 0 bridgehead atoms. The minimum absolute atomic E-state index is 0.258. The third kappa shape index (κ3) is 3.52. The molecule has 0 aromatic heterocycles. The Morgan fingerprint density at radius 1 is 0.647 bits per heavy atom. The Balaban J connectivity index is 2.09. The molecule has 0 amide bonds. The van der Waals surface area contributed by atoms with E-state index in [4.69, 9.17) is 0 Å². The summed E-state index contributed by atoms with van der Waals surface area (Å²) in [6, 6.07) is 15.7. The molecule has 0 unspecified atom stereocenters. The van der Waals surface area contributed by atoms with E-state index in [0.29, 0.717) is 0 Å². The van der Waals surface area contributed by atoms with Crippen LogP contribution in [0.5, 0.6) is 0 Å². The van der Waals surface area contributed by atoms with Crippen LogP contribution in [0.1, 0.15) is 11.1 Å². The SMILES string of the molecule is Fc1ccc(C#CC#Cc2ccccc2)cc1. The predicted molar refractivity (Wildman–Crippen MR) is 66.6 cm³/mol. The zero-order valence-electron chi connectivity index (χ0n) is 9.07. The van der Waals surface area contributed by atoms with E-state index >= 15 is 0 Å². The maximum atomic E-state index is 12.6. The summed E-state index contributed by atoms with van der Waals surface area (Å²) in [6.45, 7) is 0. The van der Waals surface area contributed by atoms with Crippen LogP contribution in [0.15, 0.2) is 54.6 Å². The molecular weight excluding hydrogens is 211 g/mol. The third-order valence-electron chi connectivity index (χ3n) is 2.09. The maximum Gasteiger partial charge on any atom is 0.123 e. The summed E-state index contributed by atoms with van der Waals surface area (Å²) in [7, 11) is 0. The lowest BCUT2D eigenvalue weighted by Crippen LogP contribution is -1.75. The molecule has 17 heavy (non-hydrogen) atoms. The van der Waals surface area contributed by atoms with Gasteiger partial charge in [-0.05, 0) is 48.2 Å². The highest BCUT2D eigenvalue weighted by Crippen LogP contribution is 2.00. The van der Waals surface area contributed by atoms with Gasteiger partial charge in [-0.3, -0.25) is 0 Å². The van der Waals surface area contributed by atoms with Gasteiger partial charge in [-0.25, -0.2) is 4.39 Å². The van der Waals surface area contributed by atoms with Crippen molar-refractivity contribution in [2.45, 2.75) is 0 Å². The van der Waals surface area contributed by atoms with Crippen LogP contribution in [-0.2, 0) is 0 Å². The van der Waals surface area contributed by atoms with Crippen molar-refractivity contribution in [1.82, 2.24) is 0 Å². The third-order valence-corrected chi connectivity index (χ3v) is 2.09. The van der Waals surface area contributed by atoms with Gasteiger partial charge in [0.15, 0.2) is 0 Å². The topological polar surface area (TPSA) is 0 Å². The Bertz CT molecular complexity index is 602. The first-order chi connectivity index (χ1) is 8.34. The molecule has 2 aromatic carbocycles. The van der Waals surface area contributed by atoms with Gasteiger partial charge in [0, 0.05) is 11.1 Å². The van der Waals surface area contributed by atoms with Crippen LogP contribution in [-0.4, -0.2) is 0 Å². The molecule has 0 saturated heterocycles. The minimum Gasteiger partial charge on any atom is -0.207 e. The van der Waals surface area contributed by atoms with Crippen LogP contribution in [0, 0.1) is 29.5 Å². The number of hydrogen-bond acceptors (Lipinski definition) is 0. The summed E-state index contributed by atoms with van der Waals surface area (Å²) < 4.78 is 12.6. The molecular formula is C16H9F. The molecule has 2 rings (SSSR count). The van der Waals surface area contributed by atoms with Crippen molar-refractivity contribution in [2.75, 3.05) is 0 Å². The molecule has 80 valence electrons. The van der Waals surface area contributed by atoms with Crippen molar-refractivity contribution in [3.8, 4) is 23.7 Å². The fourth-order valence-corrected chi connectivity index (χ4v) is 1.26. The Morgan fingerprint density at radius 2 is 1.18 bits per heavy atom. The Labute approximate surface area is 100 Å². The molecule has 0 N–H and O–H groups in total. The number of rotatable bonds is 0. The first-order valence-corrected chi connectivity index (χ1v) is 5.17. The lowest BCUT2D eigenvalue weighted by Gasteiger charge is -1.87. The van der Waals surface area contributed by atoms with Crippen molar-refractivity contribution in [3.05, 3.63) is 71.5 Å². The van der Waals surface area contributed by atoms with Gasteiger partial charge >= 0.3 is 0 Å². The smallest absolute Gasteiger partial charge is 0.123 e. The molecule has 0 aliphatic rings. The summed E-state index contributed by atoms with van der Waals surface area (Å²) >= 11 is 0. The van der Waals surface area contributed by atoms with E-state index in [0.717, 1.165) is 11.1 Å². The molecule has 0 atom stereocenters. The molecule has 0 radical (unpaired) electrons. The normalized spacial score (nSPS) is 8.53. The van der Waals surface area contributed by atoms with Crippen LogP contribution in [0.2, 0.25) is 0 Å². The second-order valence-corrected chi connectivity index (χ2v) is 3.37. The molecule has 1 heteroatoms. The summed E-state index contributed by atoms with van der Waals surface area (Å²) in [4.78, 5) is 0. The number of benzene rings is 2. The standard InChI is InChI=1S/C16H9F/c17-16-12-10-15(11-13-16)9-5-4-8-14-6-2-1-3-7-14/h1-3,6-7,10-13H. The van der Waals surface area contributed by atoms with E-state index in [2.05, 4.69) is 23.7 Å². The van der Waals surface area contributed by atoms with Gasteiger partial charge in [0.1, 0.15) is 5.82 Å². The highest BCUT2D eigenvalue weighted by molar-refractivity contribution is 5.44. The summed E-state index contributed by atoms with van der Waals surface area (Å²) in [5.74, 6) is 11.0. The second kappa shape index (κ2) is 5.54. The first kappa shape index (κ1) is 11.0. The molecule has 0 nitrogen and oxygen atoms in total. The fourth-order valence-electron chi connectivity index (χ4n) is 1.26. The summed E-state index contributed by atoms with van der Waals surface area (Å²) in [5, 5.41) is 0. The van der Waals surface area contributed by atoms with E-state index in [1.54, 1.807) is 12.1 Å². The van der Waals surface area contributed by atoms with E-state index in [1.165, 1.54) is 12.1 Å². The summed E-state index contributed by atoms with van der Waals surface area (Å²) in [5.41, 5.74) is 1.69. The molecule has 0 spiro atoms. The van der Waals surface area contributed by atoms with Gasteiger partial charge in [-0.15, -0.1) is 0 Å². The minimum atomic E-state index is -0.258. The average Bonchev–Trinajstić information content (AvgIpc) is 2.38. The zero-order valence-corrected chi connectivity index (χ0v) is 9.07. The molecule has 0 fully saturated rings. The van der Waals surface area contributed by atoms with Crippen LogP contribution in [0.25, 0.3) is 0 Å². The lowest BCUT2D eigenvalue weighted by atomic mass is 10.2. The Morgan fingerprint density at radius 3 is 1.76 bits per heavy atom. The second-order valence-electron chi connectivity index (χ2n) is 3.37. The van der Waals surface area contributed by atoms with Crippen LogP contribution < -0.4 is 0 Å². The van der Waals surface area contributed by atoms with Gasteiger partial charge in [-0.1, -0.05) is 30.0 Å². The van der Waals surface area contributed by atoms with Crippen molar-refractivity contribution in [3.63, 3.8) is 0 Å². The highest BCUT2D eigenvalue weighted by atomic mass is 19.1. The first-order valence-electron chi connectivity index (χ1n) is 5.17. The Kier molecular flexibility index (Phi) is 3.58. The van der Waals surface area contributed by atoms with Crippen molar-refractivity contribution >= 4 is 0 Å². The lowest BCUT2D eigenvalue weighted by molar-refractivity contribution is 0.627. The fraction of sp³-hybridized carbons (Fsp3) is 0. The number of hydrogen-bond donors (Lipinski definition) is 0. The molecule has 0 aliphatic carbocycles. The predicted octanol–water partition coefficient (Wildman–Crippen LogP) is 3.23. The van der Waals surface area contributed by atoms with Crippen LogP contribution in [0.3, 0.4) is 0 Å². The van der Waals surface area contributed by atoms with Crippen LogP contribution in [0.4, 0.5) is 4.39 Å². The van der Waals surface area contributed by atoms with E-state index in [9.17, 15) is 4.39 Å². The summed E-state index contributed by atoms with van der Waals surface area (Å²) in [6.07, 6.45) is 0. The highest BCUT2D eigenvalue weighted by Gasteiger charge is 1.87. The van der Waals surface area contributed by atoms with Crippen molar-refractivity contribution in [2.24, 2.45) is 0 Å². The van der Waals surface area contributed by atoms with Gasteiger partial charge in [0.2, 0.25) is 0 Å². The molecule has 0 heterocycles. The Hall–Kier alpha value is -2.51. The quantitative estimate of drug-likeness (QED) is 0.598. The molecule has 0 saturated carbocycles. The van der Waals surface area contributed by atoms with E-state index < -0.39 is 0 Å². The zero-order chi connectivity index (χ0) is 11.9. The molecule has 2 aromatic rings. The average molecular weight is 220 g/mol. The van der Waals surface area contributed by atoms with E-state index in [1.807, 2.05) is 30.3 Å². The van der Waals surface area contributed by atoms with Gasteiger partial charge < -0.3 is 0 Å². The number of halogens is 1. The largest absolute Gasteiger partial charge is 0.207 e. The van der Waals surface area contributed by atoms with Gasteiger partial charge in [0.05, 0.1) is 0 Å². The van der Waals surface area contributed by atoms with Crippen LogP contribution >= 0.6 is 0 Å². The maximum absolute atomic E-state index is 12.6.